The zero-order chi connectivity index (χ0) is 19.4. The Hall–Kier alpha value is -1.83. The van der Waals surface area contributed by atoms with Gasteiger partial charge in [-0.15, -0.1) is 0 Å². The predicted molar refractivity (Wildman–Crippen MR) is 102 cm³/mol. The highest BCUT2D eigenvalue weighted by molar-refractivity contribution is 6.55. The molecule has 6 nitrogen and oxygen atoms in total. The molecular weight excluding hydrogens is 333 g/mol. The number of methoxy groups -OCH3 is 1. The lowest BCUT2D eigenvalue weighted by molar-refractivity contribution is -0.142. The molecule has 0 amide bonds. The second-order valence-corrected chi connectivity index (χ2v) is 7.27. The van der Waals surface area contributed by atoms with Gasteiger partial charge in [0.25, 0.3) is 0 Å². The first-order valence-corrected chi connectivity index (χ1v) is 8.69. The number of benzene rings is 1. The maximum absolute atomic E-state index is 11.1. The van der Waals surface area contributed by atoms with Crippen molar-refractivity contribution in [1.82, 2.24) is 5.32 Å². The molecule has 0 spiro atoms. The van der Waals surface area contributed by atoms with E-state index in [2.05, 4.69) is 10.1 Å². The fraction of sp³-hybridized carbons (Fsp3) is 0.526. The molecule has 0 saturated carbocycles. The quantitative estimate of drug-likeness (QED) is 0.595. The largest absolute Gasteiger partial charge is 0.491 e. The summed E-state index contributed by atoms with van der Waals surface area (Å²) < 4.78 is 22.2. The third-order valence-electron chi connectivity index (χ3n) is 4.75. The van der Waals surface area contributed by atoms with E-state index < -0.39 is 13.1 Å². The summed E-state index contributed by atoms with van der Waals surface area (Å²) in [4.78, 5) is 11.1. The smallest absolute Gasteiger partial charge is 0.482 e. The Kier molecular flexibility index (Phi) is 6.50. The van der Waals surface area contributed by atoms with E-state index in [-0.39, 0.29) is 17.8 Å². The van der Waals surface area contributed by atoms with E-state index in [1.807, 2.05) is 65.1 Å². The SMILES string of the molecule is CNCC(=Cc1ccc(OCC(=O)OC)cc1)B1OC(C)(C)C(C)(C)O1. The van der Waals surface area contributed by atoms with Crippen LogP contribution in [0.4, 0.5) is 0 Å². The van der Waals surface area contributed by atoms with Gasteiger partial charge in [-0.3, -0.25) is 0 Å². The number of esters is 1. The van der Waals surface area contributed by atoms with Gasteiger partial charge in [0.1, 0.15) is 5.75 Å². The maximum atomic E-state index is 11.1. The summed E-state index contributed by atoms with van der Waals surface area (Å²) in [6.45, 7) is 8.70. The van der Waals surface area contributed by atoms with Crippen LogP contribution in [0, 0.1) is 0 Å². The highest BCUT2D eigenvalue weighted by atomic mass is 16.7. The molecule has 1 fully saturated rings. The Labute approximate surface area is 156 Å². The van der Waals surface area contributed by atoms with E-state index in [0.29, 0.717) is 12.3 Å². The first-order valence-electron chi connectivity index (χ1n) is 8.69. The van der Waals surface area contributed by atoms with Gasteiger partial charge >= 0.3 is 13.1 Å². The summed E-state index contributed by atoms with van der Waals surface area (Å²) >= 11 is 0. The summed E-state index contributed by atoms with van der Waals surface area (Å²) in [5, 5.41) is 3.17. The Morgan fingerprint density at radius 1 is 1.15 bits per heavy atom. The van der Waals surface area contributed by atoms with Gasteiger partial charge in [-0.2, -0.15) is 0 Å². The molecule has 0 atom stereocenters. The van der Waals surface area contributed by atoms with Crippen LogP contribution in [-0.4, -0.2) is 51.6 Å². The molecule has 0 aliphatic carbocycles. The van der Waals surface area contributed by atoms with Crippen molar-refractivity contribution in [2.75, 3.05) is 27.3 Å². The highest BCUT2D eigenvalue weighted by Gasteiger charge is 2.52. The van der Waals surface area contributed by atoms with Crippen LogP contribution >= 0.6 is 0 Å². The summed E-state index contributed by atoms with van der Waals surface area (Å²) in [6, 6.07) is 7.48. The number of ether oxygens (including phenoxy) is 2. The van der Waals surface area contributed by atoms with Crippen LogP contribution in [0.15, 0.2) is 29.7 Å². The van der Waals surface area contributed by atoms with Crippen molar-refractivity contribution in [2.45, 2.75) is 38.9 Å². The van der Waals surface area contributed by atoms with Gasteiger partial charge in [0.15, 0.2) is 6.61 Å². The topological polar surface area (TPSA) is 66.0 Å². The molecule has 1 aromatic rings. The molecule has 26 heavy (non-hydrogen) atoms. The van der Waals surface area contributed by atoms with Crippen LogP contribution in [-0.2, 0) is 18.8 Å². The molecule has 2 rings (SSSR count). The van der Waals surface area contributed by atoms with Gasteiger partial charge in [-0.1, -0.05) is 18.2 Å². The lowest BCUT2D eigenvalue weighted by Gasteiger charge is -2.32. The van der Waals surface area contributed by atoms with E-state index in [9.17, 15) is 4.79 Å². The van der Waals surface area contributed by atoms with Crippen LogP contribution in [0.1, 0.15) is 33.3 Å². The zero-order valence-electron chi connectivity index (χ0n) is 16.4. The van der Waals surface area contributed by atoms with E-state index in [1.165, 1.54) is 7.11 Å². The number of likely N-dealkylation sites (N-methyl/N-ethyl adjacent to an activating group) is 1. The Balaban J connectivity index is 2.12. The van der Waals surface area contributed by atoms with E-state index in [4.69, 9.17) is 14.0 Å². The van der Waals surface area contributed by atoms with Crippen LogP contribution in [0.3, 0.4) is 0 Å². The van der Waals surface area contributed by atoms with Gasteiger partial charge in [0.2, 0.25) is 0 Å². The van der Waals surface area contributed by atoms with Crippen LogP contribution in [0.5, 0.6) is 5.75 Å². The van der Waals surface area contributed by atoms with Gasteiger partial charge in [0.05, 0.1) is 18.3 Å². The molecule has 1 N–H and O–H groups in total. The number of hydrogen-bond acceptors (Lipinski definition) is 6. The molecule has 0 unspecified atom stereocenters. The van der Waals surface area contributed by atoms with Crippen molar-refractivity contribution >= 4 is 19.2 Å². The Bertz CT molecular complexity index is 638. The Morgan fingerprint density at radius 3 is 2.23 bits per heavy atom. The summed E-state index contributed by atoms with van der Waals surface area (Å²) in [5.41, 5.74) is 1.25. The van der Waals surface area contributed by atoms with Gasteiger partial charge < -0.3 is 24.1 Å². The van der Waals surface area contributed by atoms with Crippen molar-refractivity contribution in [2.24, 2.45) is 0 Å². The second-order valence-electron chi connectivity index (χ2n) is 7.27. The minimum atomic E-state index is -0.411. The average molecular weight is 361 g/mol. The molecule has 1 aliphatic rings. The summed E-state index contributed by atoms with van der Waals surface area (Å²) in [5.74, 6) is 0.199. The third-order valence-corrected chi connectivity index (χ3v) is 4.75. The number of carbonyl (C=O) groups is 1. The average Bonchev–Trinajstić information content (AvgIpc) is 2.81. The zero-order valence-corrected chi connectivity index (χ0v) is 16.4. The molecule has 0 aromatic heterocycles. The number of hydrogen-bond donors (Lipinski definition) is 1. The minimum Gasteiger partial charge on any atom is -0.482 e. The van der Waals surface area contributed by atoms with Gasteiger partial charge in [-0.05, 0) is 57.9 Å². The number of nitrogens with one attached hydrogen (secondary N) is 1. The van der Waals surface area contributed by atoms with Gasteiger partial charge in [0, 0.05) is 6.54 Å². The Morgan fingerprint density at radius 2 is 1.73 bits per heavy atom. The standard InChI is InChI=1S/C19H28BNO5/c1-18(2)19(3,4)26-20(25-18)15(12-21-5)11-14-7-9-16(10-8-14)24-13-17(22)23-6/h7-11,21H,12-13H2,1-6H3. The summed E-state index contributed by atoms with van der Waals surface area (Å²) in [6.07, 6.45) is 2.04. The van der Waals surface area contributed by atoms with Crippen molar-refractivity contribution < 1.29 is 23.6 Å². The maximum Gasteiger partial charge on any atom is 0.491 e. The molecule has 0 radical (unpaired) electrons. The first-order chi connectivity index (χ1) is 12.2. The van der Waals surface area contributed by atoms with Crippen LogP contribution in [0.25, 0.3) is 6.08 Å². The van der Waals surface area contributed by atoms with Crippen LogP contribution in [0.2, 0.25) is 0 Å². The fourth-order valence-electron chi connectivity index (χ4n) is 2.48. The lowest BCUT2D eigenvalue weighted by Crippen LogP contribution is -2.41. The van der Waals surface area contributed by atoms with Crippen molar-refractivity contribution in [1.29, 1.82) is 0 Å². The third kappa shape index (κ3) is 4.87. The normalized spacial score (nSPS) is 18.7. The first kappa shape index (κ1) is 20.5. The van der Waals surface area contributed by atoms with E-state index in [1.54, 1.807) is 0 Å². The molecule has 0 bridgehead atoms. The summed E-state index contributed by atoms with van der Waals surface area (Å²) in [7, 11) is 2.82. The lowest BCUT2D eigenvalue weighted by atomic mass is 9.77. The van der Waals surface area contributed by atoms with E-state index in [0.717, 1.165) is 11.0 Å². The predicted octanol–water partition coefficient (Wildman–Crippen LogP) is 2.47. The monoisotopic (exact) mass is 361 g/mol. The molecule has 1 aliphatic heterocycles. The fourth-order valence-corrected chi connectivity index (χ4v) is 2.48. The van der Waals surface area contributed by atoms with Crippen molar-refractivity contribution in [3.05, 3.63) is 35.3 Å². The van der Waals surface area contributed by atoms with E-state index >= 15 is 0 Å². The highest BCUT2D eigenvalue weighted by Crippen LogP contribution is 2.38. The van der Waals surface area contributed by atoms with Crippen LogP contribution < -0.4 is 10.1 Å². The number of carbonyl (C=O) groups excluding carboxylic acids is 1. The van der Waals surface area contributed by atoms with Gasteiger partial charge in [-0.25, -0.2) is 4.79 Å². The molecule has 1 aromatic carbocycles. The molecule has 7 heteroatoms. The molecule has 1 heterocycles. The second kappa shape index (κ2) is 8.25. The van der Waals surface area contributed by atoms with Crippen molar-refractivity contribution in [3.8, 4) is 5.75 Å². The van der Waals surface area contributed by atoms with Crippen molar-refractivity contribution in [3.63, 3.8) is 0 Å². The molecule has 142 valence electrons. The number of rotatable bonds is 7. The molecular formula is C19H28BNO5. The molecule has 1 saturated heterocycles. The minimum absolute atomic E-state index is 0.107.